The van der Waals surface area contributed by atoms with Gasteiger partial charge in [-0.15, -0.1) is 0 Å². The van der Waals surface area contributed by atoms with Gasteiger partial charge in [0.25, 0.3) is 0 Å². The molecule has 0 bridgehead atoms. The fourth-order valence-corrected chi connectivity index (χ4v) is 1.37. The molecule has 10 heavy (non-hydrogen) atoms. The maximum atomic E-state index is 9.01. The molecule has 1 radical (unpaired) electrons. The Balaban J connectivity index is 2.13. The molecule has 1 rings (SSSR count). The fourth-order valence-electron chi connectivity index (χ4n) is 1.37. The predicted octanol–water partition coefficient (Wildman–Crippen LogP) is 1.01. The first kappa shape index (κ1) is 8.02. The zero-order valence-corrected chi connectivity index (χ0v) is 6.58. The van der Waals surface area contributed by atoms with E-state index in [0.717, 1.165) is 13.1 Å². The van der Waals surface area contributed by atoms with E-state index in [1.54, 1.807) is 6.92 Å². The predicted molar refractivity (Wildman–Crippen MR) is 41.4 cm³/mol. The number of rotatable bonds is 2. The van der Waals surface area contributed by atoms with Crippen molar-refractivity contribution in [3.05, 3.63) is 6.54 Å². The van der Waals surface area contributed by atoms with Crippen molar-refractivity contribution in [1.82, 2.24) is 4.90 Å². The van der Waals surface area contributed by atoms with Crippen LogP contribution in [0.25, 0.3) is 0 Å². The highest BCUT2D eigenvalue weighted by atomic mass is 16.3. The molecule has 0 spiro atoms. The van der Waals surface area contributed by atoms with Gasteiger partial charge < -0.3 is 5.11 Å². The first-order valence-electron chi connectivity index (χ1n) is 4.06. The third-order valence-electron chi connectivity index (χ3n) is 1.82. The van der Waals surface area contributed by atoms with Crippen LogP contribution in [0.4, 0.5) is 0 Å². The number of nitrogens with zero attached hydrogens (tertiary/aromatic N) is 1. The SMILES string of the molecule is CC(O)[CH]N1CCCCC1. The summed E-state index contributed by atoms with van der Waals surface area (Å²) in [7, 11) is 0. The average molecular weight is 142 g/mol. The summed E-state index contributed by atoms with van der Waals surface area (Å²) in [6, 6.07) is 0. The van der Waals surface area contributed by atoms with E-state index in [4.69, 9.17) is 5.11 Å². The van der Waals surface area contributed by atoms with Crippen LogP contribution >= 0.6 is 0 Å². The van der Waals surface area contributed by atoms with E-state index < -0.39 is 0 Å². The standard InChI is InChI=1S/C8H16NO/c1-8(10)7-9-5-3-2-4-6-9/h7-8,10H,2-6H2,1H3. The Hall–Kier alpha value is -0.0800. The monoisotopic (exact) mass is 142 g/mol. The molecule has 1 saturated heterocycles. The normalized spacial score (nSPS) is 24.6. The fraction of sp³-hybridized carbons (Fsp3) is 0.875. The minimum Gasteiger partial charge on any atom is -0.392 e. The topological polar surface area (TPSA) is 23.5 Å². The average Bonchev–Trinajstić information content (AvgIpc) is 1.88. The lowest BCUT2D eigenvalue weighted by molar-refractivity contribution is 0.157. The molecule has 1 heterocycles. The van der Waals surface area contributed by atoms with E-state index in [1.807, 2.05) is 6.54 Å². The summed E-state index contributed by atoms with van der Waals surface area (Å²) in [4.78, 5) is 2.22. The summed E-state index contributed by atoms with van der Waals surface area (Å²) in [5, 5.41) is 9.01. The highest BCUT2D eigenvalue weighted by Crippen LogP contribution is 2.10. The van der Waals surface area contributed by atoms with E-state index in [0.29, 0.717) is 0 Å². The minimum atomic E-state index is -0.280. The third-order valence-corrected chi connectivity index (χ3v) is 1.82. The molecule has 0 amide bonds. The molecule has 1 N–H and O–H groups in total. The third kappa shape index (κ3) is 2.67. The maximum Gasteiger partial charge on any atom is 0.0683 e. The Morgan fingerprint density at radius 2 is 1.90 bits per heavy atom. The summed E-state index contributed by atoms with van der Waals surface area (Å²) >= 11 is 0. The highest BCUT2D eigenvalue weighted by molar-refractivity contribution is 4.76. The lowest BCUT2D eigenvalue weighted by Crippen LogP contribution is -2.30. The van der Waals surface area contributed by atoms with Crippen LogP contribution in [-0.4, -0.2) is 29.2 Å². The number of hydrogen-bond donors (Lipinski definition) is 1. The van der Waals surface area contributed by atoms with Gasteiger partial charge in [-0.1, -0.05) is 6.42 Å². The Morgan fingerprint density at radius 3 is 2.40 bits per heavy atom. The largest absolute Gasteiger partial charge is 0.392 e. The van der Waals surface area contributed by atoms with Gasteiger partial charge in [-0.25, -0.2) is 0 Å². The molecule has 0 aromatic rings. The van der Waals surface area contributed by atoms with Gasteiger partial charge in [-0.3, -0.25) is 4.90 Å². The summed E-state index contributed by atoms with van der Waals surface area (Å²) in [5.74, 6) is 0. The van der Waals surface area contributed by atoms with Crippen molar-refractivity contribution in [3.63, 3.8) is 0 Å². The number of aliphatic hydroxyl groups excluding tert-OH is 1. The number of likely N-dealkylation sites (tertiary alicyclic amines) is 1. The van der Waals surface area contributed by atoms with Gasteiger partial charge in [-0.05, 0) is 32.9 Å². The molecule has 0 aliphatic carbocycles. The Bertz CT molecular complexity index is 87.3. The van der Waals surface area contributed by atoms with E-state index in [9.17, 15) is 0 Å². The van der Waals surface area contributed by atoms with Gasteiger partial charge in [0, 0.05) is 0 Å². The van der Waals surface area contributed by atoms with Crippen molar-refractivity contribution in [2.75, 3.05) is 13.1 Å². The van der Waals surface area contributed by atoms with E-state index >= 15 is 0 Å². The smallest absolute Gasteiger partial charge is 0.0683 e. The Labute approximate surface area is 62.8 Å². The summed E-state index contributed by atoms with van der Waals surface area (Å²) < 4.78 is 0. The molecular weight excluding hydrogens is 126 g/mol. The molecule has 1 aliphatic heterocycles. The molecule has 0 aromatic carbocycles. The molecule has 0 aromatic heterocycles. The summed E-state index contributed by atoms with van der Waals surface area (Å²) in [6.45, 7) is 5.98. The molecule has 0 saturated carbocycles. The lowest BCUT2D eigenvalue weighted by atomic mass is 10.1. The summed E-state index contributed by atoms with van der Waals surface area (Å²) in [6.07, 6.45) is 3.63. The molecule has 59 valence electrons. The molecule has 1 unspecified atom stereocenters. The van der Waals surface area contributed by atoms with Crippen LogP contribution in [0.3, 0.4) is 0 Å². The lowest BCUT2D eigenvalue weighted by Gasteiger charge is -2.26. The van der Waals surface area contributed by atoms with Crippen molar-refractivity contribution in [1.29, 1.82) is 0 Å². The molecule has 1 atom stereocenters. The number of piperidine rings is 1. The van der Waals surface area contributed by atoms with E-state index in [-0.39, 0.29) is 6.10 Å². The van der Waals surface area contributed by atoms with Gasteiger partial charge in [0.2, 0.25) is 0 Å². The first-order valence-corrected chi connectivity index (χ1v) is 4.06. The molecule has 2 heteroatoms. The molecule has 2 nitrogen and oxygen atoms in total. The van der Waals surface area contributed by atoms with Gasteiger partial charge in [-0.2, -0.15) is 0 Å². The molecular formula is C8H16NO. The van der Waals surface area contributed by atoms with Crippen molar-refractivity contribution < 1.29 is 5.11 Å². The van der Waals surface area contributed by atoms with Crippen LogP contribution in [0, 0.1) is 6.54 Å². The second-order valence-corrected chi connectivity index (χ2v) is 2.99. The van der Waals surface area contributed by atoms with Crippen molar-refractivity contribution in [2.45, 2.75) is 32.3 Å². The minimum absolute atomic E-state index is 0.280. The van der Waals surface area contributed by atoms with Crippen molar-refractivity contribution in [3.8, 4) is 0 Å². The zero-order valence-electron chi connectivity index (χ0n) is 6.58. The van der Waals surface area contributed by atoms with Gasteiger partial charge in [0.05, 0.1) is 12.6 Å². The van der Waals surface area contributed by atoms with E-state index in [2.05, 4.69) is 4.90 Å². The Kier molecular flexibility index (Phi) is 3.16. The van der Waals surface area contributed by atoms with Gasteiger partial charge in [0.1, 0.15) is 0 Å². The molecule has 1 aliphatic rings. The molecule has 1 fully saturated rings. The van der Waals surface area contributed by atoms with Crippen molar-refractivity contribution >= 4 is 0 Å². The van der Waals surface area contributed by atoms with Crippen LogP contribution in [0.1, 0.15) is 26.2 Å². The number of aliphatic hydroxyl groups is 1. The van der Waals surface area contributed by atoms with Gasteiger partial charge >= 0.3 is 0 Å². The van der Waals surface area contributed by atoms with Crippen LogP contribution in [0.15, 0.2) is 0 Å². The second-order valence-electron chi connectivity index (χ2n) is 2.99. The van der Waals surface area contributed by atoms with Crippen LogP contribution in [0.5, 0.6) is 0 Å². The highest BCUT2D eigenvalue weighted by Gasteiger charge is 2.11. The van der Waals surface area contributed by atoms with Crippen molar-refractivity contribution in [2.24, 2.45) is 0 Å². The Morgan fingerprint density at radius 1 is 1.30 bits per heavy atom. The van der Waals surface area contributed by atoms with E-state index in [1.165, 1.54) is 19.3 Å². The number of hydrogen-bond acceptors (Lipinski definition) is 2. The van der Waals surface area contributed by atoms with Gasteiger partial charge in [0.15, 0.2) is 0 Å². The van der Waals surface area contributed by atoms with Crippen LogP contribution in [0.2, 0.25) is 0 Å². The van der Waals surface area contributed by atoms with Crippen LogP contribution in [-0.2, 0) is 0 Å². The zero-order chi connectivity index (χ0) is 7.40. The summed E-state index contributed by atoms with van der Waals surface area (Å²) in [5.41, 5.74) is 0. The quantitative estimate of drug-likeness (QED) is 0.622. The van der Waals surface area contributed by atoms with Crippen LogP contribution < -0.4 is 0 Å². The maximum absolute atomic E-state index is 9.01. The second kappa shape index (κ2) is 3.94. The first-order chi connectivity index (χ1) is 4.79.